The van der Waals surface area contributed by atoms with Crippen molar-refractivity contribution >= 4 is 27.5 Å². The van der Waals surface area contributed by atoms with Gasteiger partial charge in [-0.2, -0.15) is 0 Å². The molecule has 0 fully saturated rings. The Labute approximate surface area is 120 Å². The lowest BCUT2D eigenvalue weighted by atomic mass is 10.1. The summed E-state index contributed by atoms with van der Waals surface area (Å²) in [4.78, 5) is 12.2. The van der Waals surface area contributed by atoms with Crippen molar-refractivity contribution in [3.05, 3.63) is 58.1 Å². The summed E-state index contributed by atoms with van der Waals surface area (Å²) < 4.78 is 6.18. The molecule has 4 heteroatoms. The van der Waals surface area contributed by atoms with Crippen molar-refractivity contribution in [2.24, 2.45) is 0 Å². The van der Waals surface area contributed by atoms with E-state index in [1.807, 2.05) is 43.3 Å². The highest BCUT2D eigenvalue weighted by molar-refractivity contribution is 9.10. The molecule has 0 saturated heterocycles. The van der Waals surface area contributed by atoms with Gasteiger partial charge in [0.25, 0.3) is 5.91 Å². The van der Waals surface area contributed by atoms with Crippen molar-refractivity contribution in [1.29, 1.82) is 0 Å². The predicted molar refractivity (Wildman–Crippen MR) is 79.8 cm³/mol. The largest absolute Gasteiger partial charge is 0.496 e. The minimum atomic E-state index is -0.178. The molecule has 0 aliphatic carbocycles. The number of hydrogen-bond acceptors (Lipinski definition) is 2. The topological polar surface area (TPSA) is 38.3 Å². The molecule has 0 saturated carbocycles. The summed E-state index contributed by atoms with van der Waals surface area (Å²) in [7, 11) is 1.56. The molecule has 3 nitrogen and oxygen atoms in total. The highest BCUT2D eigenvalue weighted by atomic mass is 79.9. The van der Waals surface area contributed by atoms with Gasteiger partial charge in [0.2, 0.25) is 0 Å². The van der Waals surface area contributed by atoms with Gasteiger partial charge in [-0.15, -0.1) is 0 Å². The highest BCUT2D eigenvalue weighted by Crippen LogP contribution is 2.21. The molecule has 0 atom stereocenters. The Hall–Kier alpha value is -1.81. The van der Waals surface area contributed by atoms with Crippen LogP contribution in [0.4, 0.5) is 5.69 Å². The summed E-state index contributed by atoms with van der Waals surface area (Å²) in [6.45, 7) is 1.94. The van der Waals surface area contributed by atoms with E-state index in [4.69, 9.17) is 4.74 Å². The molecule has 0 radical (unpaired) electrons. The zero-order valence-corrected chi connectivity index (χ0v) is 12.3. The van der Waals surface area contributed by atoms with Crippen LogP contribution in [0.5, 0.6) is 5.75 Å². The second-order valence-corrected chi connectivity index (χ2v) is 5.08. The third-order valence-electron chi connectivity index (χ3n) is 2.70. The minimum absolute atomic E-state index is 0.178. The van der Waals surface area contributed by atoms with E-state index in [-0.39, 0.29) is 5.91 Å². The summed E-state index contributed by atoms with van der Waals surface area (Å²) >= 11 is 3.36. The summed E-state index contributed by atoms with van der Waals surface area (Å²) in [6, 6.07) is 13.0. The normalized spacial score (nSPS) is 10.1. The van der Waals surface area contributed by atoms with Gasteiger partial charge in [0.1, 0.15) is 5.75 Å². The second-order valence-electron chi connectivity index (χ2n) is 4.16. The molecule has 0 aliphatic heterocycles. The van der Waals surface area contributed by atoms with Crippen LogP contribution in [0.2, 0.25) is 0 Å². The van der Waals surface area contributed by atoms with Gasteiger partial charge in [0.05, 0.1) is 12.7 Å². The number of methoxy groups -OCH3 is 1. The molecule has 98 valence electrons. The van der Waals surface area contributed by atoms with E-state index in [0.29, 0.717) is 11.3 Å². The lowest BCUT2D eigenvalue weighted by Gasteiger charge is -2.10. The molecule has 0 unspecified atom stereocenters. The molecule has 19 heavy (non-hydrogen) atoms. The van der Waals surface area contributed by atoms with Gasteiger partial charge in [-0.25, -0.2) is 0 Å². The molecule has 0 spiro atoms. The van der Waals surface area contributed by atoms with Gasteiger partial charge in [-0.05, 0) is 43.3 Å². The number of ether oxygens (including phenoxy) is 1. The number of rotatable bonds is 3. The van der Waals surface area contributed by atoms with Crippen molar-refractivity contribution < 1.29 is 9.53 Å². The highest BCUT2D eigenvalue weighted by Gasteiger charge is 2.12. The van der Waals surface area contributed by atoms with Crippen molar-refractivity contribution in [2.45, 2.75) is 6.92 Å². The predicted octanol–water partition coefficient (Wildman–Crippen LogP) is 4.02. The van der Waals surface area contributed by atoms with Crippen molar-refractivity contribution in [3.8, 4) is 5.75 Å². The maximum absolute atomic E-state index is 12.2. The molecule has 1 N–H and O–H groups in total. The van der Waals surface area contributed by atoms with Gasteiger partial charge >= 0.3 is 0 Å². The van der Waals surface area contributed by atoms with E-state index < -0.39 is 0 Å². The maximum atomic E-state index is 12.2. The lowest BCUT2D eigenvalue weighted by molar-refractivity contribution is 0.102. The van der Waals surface area contributed by atoms with Crippen LogP contribution in [0.15, 0.2) is 46.9 Å². The number of anilines is 1. The first-order valence-corrected chi connectivity index (χ1v) is 6.61. The van der Waals surface area contributed by atoms with E-state index in [9.17, 15) is 4.79 Å². The van der Waals surface area contributed by atoms with Gasteiger partial charge in [-0.1, -0.05) is 27.6 Å². The fourth-order valence-electron chi connectivity index (χ4n) is 1.73. The first-order valence-electron chi connectivity index (χ1n) is 5.81. The first kappa shape index (κ1) is 13.6. The van der Waals surface area contributed by atoms with Gasteiger partial charge in [-0.3, -0.25) is 4.79 Å². The van der Waals surface area contributed by atoms with Crippen molar-refractivity contribution in [2.75, 3.05) is 12.4 Å². The van der Waals surface area contributed by atoms with E-state index in [0.717, 1.165) is 15.7 Å². The molecule has 0 heterocycles. The SMILES string of the molecule is COc1ccc(C)cc1C(=O)Nc1ccc(Br)cc1. The van der Waals surface area contributed by atoms with Gasteiger partial charge < -0.3 is 10.1 Å². The number of amides is 1. The molecule has 0 aliphatic rings. The number of hydrogen-bond donors (Lipinski definition) is 1. The summed E-state index contributed by atoms with van der Waals surface area (Å²) in [5, 5.41) is 2.85. The van der Waals surface area contributed by atoms with Crippen LogP contribution in [0.25, 0.3) is 0 Å². The number of carbonyl (C=O) groups excluding carboxylic acids is 1. The van der Waals surface area contributed by atoms with E-state index in [1.54, 1.807) is 13.2 Å². The van der Waals surface area contributed by atoms with Gasteiger partial charge in [0.15, 0.2) is 0 Å². The molecular weight excluding hydrogens is 306 g/mol. The molecule has 1 amide bonds. The molecule has 0 bridgehead atoms. The Morgan fingerprint density at radius 2 is 1.84 bits per heavy atom. The Morgan fingerprint density at radius 3 is 2.47 bits per heavy atom. The van der Waals surface area contributed by atoms with Crippen molar-refractivity contribution in [3.63, 3.8) is 0 Å². The summed E-state index contributed by atoms with van der Waals surface area (Å²) in [6.07, 6.45) is 0. The van der Waals surface area contributed by atoms with Crippen molar-refractivity contribution in [1.82, 2.24) is 0 Å². The standard InChI is InChI=1S/C15H14BrNO2/c1-10-3-8-14(19-2)13(9-10)15(18)17-12-6-4-11(16)5-7-12/h3-9H,1-2H3,(H,17,18). The fourth-order valence-corrected chi connectivity index (χ4v) is 2.00. The van der Waals surface area contributed by atoms with Crippen LogP contribution in [-0.4, -0.2) is 13.0 Å². The number of carbonyl (C=O) groups is 1. The molecule has 2 rings (SSSR count). The molecule has 2 aromatic carbocycles. The van der Waals surface area contributed by atoms with Crippen LogP contribution in [0.1, 0.15) is 15.9 Å². The first-order chi connectivity index (χ1) is 9.10. The number of nitrogens with one attached hydrogen (secondary N) is 1. The van der Waals surface area contributed by atoms with E-state index in [2.05, 4.69) is 21.2 Å². The van der Waals surface area contributed by atoms with E-state index >= 15 is 0 Å². The zero-order valence-electron chi connectivity index (χ0n) is 10.7. The minimum Gasteiger partial charge on any atom is -0.496 e. The number of aryl methyl sites for hydroxylation is 1. The van der Waals surface area contributed by atoms with Crippen LogP contribution in [0.3, 0.4) is 0 Å². The second kappa shape index (κ2) is 5.89. The fraction of sp³-hybridized carbons (Fsp3) is 0.133. The van der Waals surface area contributed by atoms with Crippen LogP contribution in [0, 0.1) is 6.92 Å². The summed E-state index contributed by atoms with van der Waals surface area (Å²) in [5.41, 5.74) is 2.30. The average Bonchev–Trinajstić information content (AvgIpc) is 2.41. The lowest BCUT2D eigenvalue weighted by Crippen LogP contribution is -2.13. The molecule has 2 aromatic rings. The van der Waals surface area contributed by atoms with E-state index in [1.165, 1.54) is 0 Å². The average molecular weight is 320 g/mol. The van der Waals surface area contributed by atoms with Gasteiger partial charge in [0, 0.05) is 10.2 Å². The smallest absolute Gasteiger partial charge is 0.259 e. The Kier molecular flexibility index (Phi) is 4.22. The third kappa shape index (κ3) is 3.35. The molecular formula is C15H14BrNO2. The van der Waals surface area contributed by atoms with Crippen LogP contribution < -0.4 is 10.1 Å². The van der Waals surface area contributed by atoms with Crippen LogP contribution >= 0.6 is 15.9 Å². The quantitative estimate of drug-likeness (QED) is 0.928. The number of halogens is 1. The maximum Gasteiger partial charge on any atom is 0.259 e. The zero-order chi connectivity index (χ0) is 13.8. The third-order valence-corrected chi connectivity index (χ3v) is 3.23. The number of benzene rings is 2. The van der Waals surface area contributed by atoms with Crippen LogP contribution in [-0.2, 0) is 0 Å². The Balaban J connectivity index is 2.24. The summed E-state index contributed by atoms with van der Waals surface area (Å²) in [5.74, 6) is 0.392. The monoisotopic (exact) mass is 319 g/mol. The Morgan fingerprint density at radius 1 is 1.16 bits per heavy atom. The molecule has 0 aromatic heterocycles. The Bertz CT molecular complexity index is 594.